The molecule has 0 aromatic rings. The predicted molar refractivity (Wildman–Crippen MR) is 43.4 cm³/mol. The highest BCUT2D eigenvalue weighted by atomic mass is 31.0. The average Bonchev–Trinajstić information content (AvgIpc) is 2.45. The van der Waals surface area contributed by atoms with Crippen LogP contribution in [0.5, 0.6) is 0 Å². The fourth-order valence-electron chi connectivity index (χ4n) is 2.01. The lowest BCUT2D eigenvalue weighted by atomic mass is 10.0. The van der Waals surface area contributed by atoms with Gasteiger partial charge in [0.2, 0.25) is 0 Å². The standard InChI is InChI=1S/C8H11P/c9-5-8-4-6-1-2-7(8)3-6/h5-6,9H,1-4H2. The van der Waals surface area contributed by atoms with E-state index in [0.717, 1.165) is 5.92 Å². The van der Waals surface area contributed by atoms with Crippen LogP contribution < -0.4 is 0 Å². The topological polar surface area (TPSA) is 0 Å². The molecule has 0 aromatic heterocycles. The fourth-order valence-corrected chi connectivity index (χ4v) is 2.34. The molecule has 1 unspecified atom stereocenters. The van der Waals surface area contributed by atoms with Gasteiger partial charge in [-0.15, -0.1) is 8.86 Å². The molecule has 0 heterocycles. The summed E-state index contributed by atoms with van der Waals surface area (Å²) in [5, 5.41) is 0. The summed E-state index contributed by atoms with van der Waals surface area (Å²) in [5.41, 5.74) is 3.30. The molecule has 0 aliphatic heterocycles. The number of allylic oxidation sites excluding steroid dienone is 2. The first kappa shape index (κ1) is 5.68. The van der Waals surface area contributed by atoms with Crippen molar-refractivity contribution in [2.24, 2.45) is 5.92 Å². The summed E-state index contributed by atoms with van der Waals surface area (Å²) in [4.78, 5) is 0. The van der Waals surface area contributed by atoms with Gasteiger partial charge in [-0.2, -0.15) is 0 Å². The van der Waals surface area contributed by atoms with Crippen molar-refractivity contribution in [3.8, 4) is 0 Å². The molecule has 0 spiro atoms. The molecule has 0 saturated heterocycles. The first-order valence-corrected chi connectivity index (χ1v) is 4.19. The molecule has 1 atom stereocenters. The number of fused-ring (bicyclic) bond motifs is 2. The Morgan fingerprint density at radius 2 is 2.33 bits per heavy atom. The Morgan fingerprint density at radius 1 is 1.44 bits per heavy atom. The molecule has 0 N–H and O–H groups in total. The highest BCUT2D eigenvalue weighted by Crippen LogP contribution is 2.43. The second kappa shape index (κ2) is 1.95. The zero-order valence-electron chi connectivity index (χ0n) is 5.48. The van der Waals surface area contributed by atoms with Crippen molar-refractivity contribution < 1.29 is 0 Å². The van der Waals surface area contributed by atoms with E-state index in [1.807, 2.05) is 0 Å². The molecule has 2 bridgehead atoms. The number of hydrogen-bond donors (Lipinski definition) is 0. The highest BCUT2D eigenvalue weighted by Gasteiger charge is 2.28. The Kier molecular flexibility index (Phi) is 1.23. The maximum atomic E-state index is 3.44. The Labute approximate surface area is 58.2 Å². The number of rotatable bonds is 1. The third-order valence-corrected chi connectivity index (χ3v) is 2.87. The Bertz CT molecular complexity index is 179. The zero-order chi connectivity index (χ0) is 6.27. The van der Waals surface area contributed by atoms with Crippen molar-refractivity contribution in [3.05, 3.63) is 11.1 Å². The van der Waals surface area contributed by atoms with E-state index in [1.165, 1.54) is 25.7 Å². The quantitative estimate of drug-likeness (QED) is 0.488. The summed E-state index contributed by atoms with van der Waals surface area (Å²) in [6, 6.07) is 0. The van der Waals surface area contributed by atoms with Crippen molar-refractivity contribution >= 4 is 14.7 Å². The van der Waals surface area contributed by atoms with Crippen LogP contribution in [0.2, 0.25) is 0 Å². The molecular formula is C8H11P. The van der Waals surface area contributed by atoms with Gasteiger partial charge in [0.25, 0.3) is 0 Å². The van der Waals surface area contributed by atoms with Gasteiger partial charge in [-0.05, 0) is 43.0 Å². The molecule has 1 fully saturated rings. The van der Waals surface area contributed by atoms with Crippen molar-refractivity contribution in [1.82, 2.24) is 0 Å². The first-order chi connectivity index (χ1) is 4.40. The van der Waals surface area contributed by atoms with Gasteiger partial charge in [0, 0.05) is 0 Å². The smallest absolute Gasteiger partial charge is 0.0244 e. The fraction of sp³-hybridized carbons (Fsp3) is 0.625. The van der Waals surface area contributed by atoms with Crippen molar-refractivity contribution in [1.29, 1.82) is 0 Å². The van der Waals surface area contributed by atoms with Crippen LogP contribution in [0.3, 0.4) is 0 Å². The van der Waals surface area contributed by atoms with Crippen LogP contribution in [0.15, 0.2) is 11.1 Å². The van der Waals surface area contributed by atoms with Crippen LogP contribution >= 0.6 is 8.86 Å². The van der Waals surface area contributed by atoms with Gasteiger partial charge in [-0.3, -0.25) is 0 Å². The minimum atomic E-state index is 1.02. The van der Waals surface area contributed by atoms with Crippen LogP contribution in [0.4, 0.5) is 0 Å². The summed E-state index contributed by atoms with van der Waals surface area (Å²) in [5.74, 6) is 3.12. The van der Waals surface area contributed by atoms with Crippen LogP contribution in [0.1, 0.15) is 25.7 Å². The van der Waals surface area contributed by atoms with Crippen molar-refractivity contribution in [2.45, 2.75) is 25.7 Å². The van der Waals surface area contributed by atoms with Crippen LogP contribution in [0, 0.1) is 5.92 Å². The molecule has 9 heavy (non-hydrogen) atoms. The molecule has 0 radical (unpaired) electrons. The average molecular weight is 138 g/mol. The summed E-state index contributed by atoms with van der Waals surface area (Å²) in [6.07, 6.45) is 5.58. The largest absolute Gasteiger partial charge is 0.122 e. The van der Waals surface area contributed by atoms with Crippen molar-refractivity contribution in [2.75, 3.05) is 0 Å². The molecule has 0 aromatic carbocycles. The van der Waals surface area contributed by atoms with E-state index in [1.54, 1.807) is 11.1 Å². The monoisotopic (exact) mass is 138 g/mol. The lowest BCUT2D eigenvalue weighted by Gasteiger charge is -2.06. The normalized spacial score (nSPS) is 31.8. The molecule has 0 nitrogen and oxygen atoms in total. The van der Waals surface area contributed by atoms with Gasteiger partial charge in [0.05, 0.1) is 0 Å². The van der Waals surface area contributed by atoms with E-state index in [2.05, 4.69) is 14.7 Å². The predicted octanol–water partition coefficient (Wildman–Crippen LogP) is 2.43. The van der Waals surface area contributed by atoms with Gasteiger partial charge >= 0.3 is 0 Å². The summed E-state index contributed by atoms with van der Waals surface area (Å²) in [6.45, 7) is 0. The molecule has 1 saturated carbocycles. The first-order valence-electron chi connectivity index (χ1n) is 3.61. The van der Waals surface area contributed by atoms with Gasteiger partial charge < -0.3 is 0 Å². The van der Waals surface area contributed by atoms with Crippen LogP contribution in [-0.2, 0) is 0 Å². The van der Waals surface area contributed by atoms with E-state index < -0.39 is 0 Å². The van der Waals surface area contributed by atoms with E-state index >= 15 is 0 Å². The summed E-state index contributed by atoms with van der Waals surface area (Å²) < 4.78 is 0. The van der Waals surface area contributed by atoms with Crippen LogP contribution in [-0.4, -0.2) is 5.80 Å². The third kappa shape index (κ3) is 0.773. The zero-order valence-corrected chi connectivity index (χ0v) is 6.48. The molecule has 2 rings (SSSR count). The van der Waals surface area contributed by atoms with E-state index in [4.69, 9.17) is 0 Å². The maximum Gasteiger partial charge on any atom is -0.0244 e. The van der Waals surface area contributed by atoms with E-state index in [-0.39, 0.29) is 0 Å². The molecule has 0 amide bonds. The third-order valence-electron chi connectivity index (χ3n) is 2.53. The van der Waals surface area contributed by atoms with Gasteiger partial charge in [-0.25, -0.2) is 0 Å². The molecule has 48 valence electrons. The van der Waals surface area contributed by atoms with E-state index in [0.29, 0.717) is 0 Å². The second-order valence-electron chi connectivity index (χ2n) is 3.09. The number of hydrogen-bond acceptors (Lipinski definition) is 0. The van der Waals surface area contributed by atoms with E-state index in [9.17, 15) is 0 Å². The van der Waals surface area contributed by atoms with Crippen LogP contribution in [0.25, 0.3) is 0 Å². The SMILES string of the molecule is P=CC1=C2CCC(C1)C2. The Hall–Kier alpha value is -0.0900. The highest BCUT2D eigenvalue weighted by molar-refractivity contribution is 7.19. The molecule has 2 aliphatic carbocycles. The molecule has 1 heteroatoms. The minimum absolute atomic E-state index is 1.02. The van der Waals surface area contributed by atoms with Gasteiger partial charge in [0.15, 0.2) is 0 Å². The summed E-state index contributed by atoms with van der Waals surface area (Å²) >= 11 is 0. The minimum Gasteiger partial charge on any atom is -0.122 e. The van der Waals surface area contributed by atoms with Crippen molar-refractivity contribution in [3.63, 3.8) is 0 Å². The second-order valence-corrected chi connectivity index (χ2v) is 3.37. The lowest BCUT2D eigenvalue weighted by Crippen LogP contribution is -1.93. The Balaban J connectivity index is 2.32. The van der Waals surface area contributed by atoms with Gasteiger partial charge in [0.1, 0.15) is 0 Å². The maximum absolute atomic E-state index is 3.44. The lowest BCUT2D eigenvalue weighted by molar-refractivity contribution is 0.571. The Morgan fingerprint density at radius 3 is 2.67 bits per heavy atom. The summed E-state index contributed by atoms with van der Waals surface area (Å²) in [7, 11) is 3.44. The molecule has 2 aliphatic rings. The molecular weight excluding hydrogens is 127 g/mol. The van der Waals surface area contributed by atoms with Gasteiger partial charge in [-0.1, -0.05) is 5.57 Å².